The Morgan fingerprint density at radius 3 is 2.42 bits per heavy atom. The number of sulfone groups is 1. The smallest absolute Gasteiger partial charge is 0.256 e. The van der Waals surface area contributed by atoms with Gasteiger partial charge in [-0.1, -0.05) is 0 Å². The lowest BCUT2D eigenvalue weighted by molar-refractivity contribution is -0.122. The summed E-state index contributed by atoms with van der Waals surface area (Å²) < 4.78 is 23.9. The Bertz CT molecular complexity index is 873. The number of nitrogens with one attached hydrogen (secondary N) is 1. The second-order valence-electron chi connectivity index (χ2n) is 8.28. The Labute approximate surface area is 153 Å². The molecule has 3 N–H and O–H groups in total. The van der Waals surface area contributed by atoms with Crippen molar-refractivity contribution in [3.05, 3.63) is 23.8 Å². The number of rotatable bonds is 4. The lowest BCUT2D eigenvalue weighted by atomic mass is 10.0. The van der Waals surface area contributed by atoms with Gasteiger partial charge in [0.05, 0.1) is 10.5 Å². The van der Waals surface area contributed by atoms with E-state index in [0.29, 0.717) is 18.0 Å². The summed E-state index contributed by atoms with van der Waals surface area (Å²) in [5.41, 5.74) is 5.96. The van der Waals surface area contributed by atoms with Gasteiger partial charge in [0.1, 0.15) is 6.04 Å². The van der Waals surface area contributed by atoms with Crippen LogP contribution in [0.25, 0.3) is 0 Å². The summed E-state index contributed by atoms with van der Waals surface area (Å²) in [6.07, 6.45) is 2.55. The molecule has 0 aromatic heterocycles. The van der Waals surface area contributed by atoms with Gasteiger partial charge in [-0.05, 0) is 57.7 Å². The summed E-state index contributed by atoms with van der Waals surface area (Å²) in [4.78, 5) is 26.7. The Morgan fingerprint density at radius 1 is 1.23 bits per heavy atom. The summed E-state index contributed by atoms with van der Waals surface area (Å²) in [7, 11) is -3.47. The van der Waals surface area contributed by atoms with E-state index in [1.165, 1.54) is 12.1 Å². The molecule has 7 nitrogen and oxygen atoms in total. The number of primary amides is 1. The molecule has 1 saturated carbocycles. The van der Waals surface area contributed by atoms with Crippen molar-refractivity contribution in [1.82, 2.24) is 4.90 Å². The quantitative estimate of drug-likeness (QED) is 0.821. The van der Waals surface area contributed by atoms with Crippen LogP contribution >= 0.6 is 0 Å². The molecule has 2 fully saturated rings. The molecule has 1 aromatic carbocycles. The van der Waals surface area contributed by atoms with Crippen LogP contribution in [0.2, 0.25) is 0 Å². The van der Waals surface area contributed by atoms with Crippen LogP contribution in [-0.4, -0.2) is 49.0 Å². The van der Waals surface area contributed by atoms with Crippen molar-refractivity contribution in [2.45, 2.75) is 56.1 Å². The fourth-order valence-corrected chi connectivity index (χ4v) is 4.23. The minimum Gasteiger partial charge on any atom is -0.380 e. The largest absolute Gasteiger partial charge is 0.380 e. The second-order valence-corrected chi connectivity index (χ2v) is 10.3. The molecule has 0 spiro atoms. The topological polar surface area (TPSA) is 110 Å². The number of nitrogens with zero attached hydrogens (tertiary/aromatic N) is 1. The maximum Gasteiger partial charge on any atom is 0.256 e. The lowest BCUT2D eigenvalue weighted by Crippen LogP contribution is -2.46. The molecule has 142 valence electrons. The molecule has 1 aliphatic carbocycles. The first-order valence-electron chi connectivity index (χ1n) is 8.63. The summed E-state index contributed by atoms with van der Waals surface area (Å²) in [6.45, 7) is 5.85. The predicted molar refractivity (Wildman–Crippen MR) is 98.6 cm³/mol. The van der Waals surface area contributed by atoms with Crippen LogP contribution in [0.3, 0.4) is 0 Å². The van der Waals surface area contributed by atoms with E-state index in [4.69, 9.17) is 5.73 Å². The van der Waals surface area contributed by atoms with Gasteiger partial charge in [0, 0.05) is 23.5 Å². The molecule has 3 unspecified atom stereocenters. The molecule has 8 heteroatoms. The van der Waals surface area contributed by atoms with E-state index < -0.39 is 21.8 Å². The van der Waals surface area contributed by atoms with Crippen molar-refractivity contribution in [1.29, 1.82) is 0 Å². The summed E-state index contributed by atoms with van der Waals surface area (Å²) >= 11 is 0. The number of benzene rings is 1. The van der Waals surface area contributed by atoms with Crippen LogP contribution in [-0.2, 0) is 14.6 Å². The Kier molecular flexibility index (Phi) is 4.29. The average molecular weight is 379 g/mol. The van der Waals surface area contributed by atoms with E-state index in [-0.39, 0.29) is 27.9 Å². The number of carbonyl (C=O) groups is 2. The molecular formula is C18H25N3O4S. The molecule has 0 radical (unpaired) electrons. The molecule has 1 aliphatic heterocycles. The lowest BCUT2D eigenvalue weighted by Gasteiger charge is -2.29. The monoisotopic (exact) mass is 379 g/mol. The van der Waals surface area contributed by atoms with Crippen molar-refractivity contribution in [2.24, 2.45) is 11.7 Å². The molecular weight excluding hydrogens is 354 g/mol. The van der Waals surface area contributed by atoms with E-state index in [0.717, 1.165) is 12.7 Å². The number of anilines is 1. The number of piperidine rings is 1. The van der Waals surface area contributed by atoms with Crippen molar-refractivity contribution in [3.8, 4) is 0 Å². The number of fused-ring (bicyclic) bond motifs is 1. The summed E-state index contributed by atoms with van der Waals surface area (Å²) in [5, 5.41) is 3.25. The van der Waals surface area contributed by atoms with Crippen LogP contribution in [0.1, 0.15) is 44.0 Å². The van der Waals surface area contributed by atoms with Crippen molar-refractivity contribution in [3.63, 3.8) is 0 Å². The van der Waals surface area contributed by atoms with Crippen molar-refractivity contribution >= 4 is 27.3 Å². The number of carbonyl (C=O) groups excluding carboxylic acids is 2. The first kappa shape index (κ1) is 18.7. The van der Waals surface area contributed by atoms with E-state index in [9.17, 15) is 18.0 Å². The van der Waals surface area contributed by atoms with Crippen LogP contribution in [0.15, 0.2) is 23.1 Å². The van der Waals surface area contributed by atoms with Gasteiger partial charge in [0.15, 0.2) is 9.84 Å². The van der Waals surface area contributed by atoms with Gasteiger partial charge < -0.3 is 16.0 Å². The van der Waals surface area contributed by atoms with Gasteiger partial charge in [0.2, 0.25) is 5.91 Å². The Hall–Kier alpha value is -2.09. The van der Waals surface area contributed by atoms with Crippen LogP contribution < -0.4 is 11.1 Å². The predicted octanol–water partition coefficient (Wildman–Crippen LogP) is 1.39. The van der Waals surface area contributed by atoms with Crippen molar-refractivity contribution in [2.75, 3.05) is 11.6 Å². The van der Waals surface area contributed by atoms with Gasteiger partial charge in [-0.3, -0.25) is 9.59 Å². The van der Waals surface area contributed by atoms with Gasteiger partial charge in [0.25, 0.3) is 5.91 Å². The molecule has 3 rings (SSSR count). The molecule has 0 bridgehead atoms. The third kappa shape index (κ3) is 3.56. The van der Waals surface area contributed by atoms with Crippen LogP contribution in [0.5, 0.6) is 0 Å². The number of likely N-dealkylation sites (tertiary alicyclic amines) is 1. The highest BCUT2D eigenvalue weighted by Gasteiger charge is 2.56. The SMILES string of the molecule is CC(C)(C)Nc1ccc(S(C)(=O)=O)cc1C(=O)N1C(C(N)=O)CC2CC21. The zero-order chi connectivity index (χ0) is 19.4. The van der Waals surface area contributed by atoms with E-state index >= 15 is 0 Å². The normalized spacial score (nSPS) is 24.9. The van der Waals surface area contributed by atoms with E-state index in [1.54, 1.807) is 11.0 Å². The number of hydrogen-bond acceptors (Lipinski definition) is 5. The maximum absolute atomic E-state index is 13.3. The maximum atomic E-state index is 13.3. The highest BCUT2D eigenvalue weighted by molar-refractivity contribution is 7.90. The molecule has 1 saturated heterocycles. The third-order valence-corrected chi connectivity index (χ3v) is 5.94. The zero-order valence-corrected chi connectivity index (χ0v) is 16.3. The zero-order valence-electron chi connectivity index (χ0n) is 15.4. The third-order valence-electron chi connectivity index (χ3n) is 4.83. The first-order valence-corrected chi connectivity index (χ1v) is 10.5. The summed E-state index contributed by atoms with van der Waals surface area (Å²) in [5.74, 6) is -0.556. The number of hydrogen-bond donors (Lipinski definition) is 2. The van der Waals surface area contributed by atoms with E-state index in [1.807, 2.05) is 20.8 Å². The van der Waals surface area contributed by atoms with Crippen LogP contribution in [0.4, 0.5) is 5.69 Å². The fourth-order valence-electron chi connectivity index (χ4n) is 3.59. The molecule has 1 aromatic rings. The molecule has 26 heavy (non-hydrogen) atoms. The van der Waals surface area contributed by atoms with Gasteiger partial charge in [-0.25, -0.2) is 8.42 Å². The Morgan fingerprint density at radius 2 is 1.88 bits per heavy atom. The summed E-state index contributed by atoms with van der Waals surface area (Å²) in [6, 6.07) is 3.86. The molecule has 1 heterocycles. The minimum absolute atomic E-state index is 0.0179. The highest BCUT2D eigenvalue weighted by atomic mass is 32.2. The van der Waals surface area contributed by atoms with Crippen LogP contribution in [0, 0.1) is 5.92 Å². The van der Waals surface area contributed by atoms with Gasteiger partial charge >= 0.3 is 0 Å². The first-order chi connectivity index (χ1) is 11.9. The standard InChI is InChI=1S/C18H25N3O4S/c1-18(2,3)20-13-6-5-11(26(4,24)25)9-12(13)17(23)21-14-7-10(14)8-15(21)16(19)22/h5-6,9-10,14-15,20H,7-8H2,1-4H3,(H2,19,22). The van der Waals surface area contributed by atoms with Gasteiger partial charge in [-0.2, -0.15) is 0 Å². The average Bonchev–Trinajstić information content (AvgIpc) is 3.14. The molecule has 2 aliphatic rings. The van der Waals surface area contributed by atoms with Crippen molar-refractivity contribution < 1.29 is 18.0 Å². The molecule has 3 atom stereocenters. The highest BCUT2D eigenvalue weighted by Crippen LogP contribution is 2.48. The number of amides is 2. The molecule has 2 amide bonds. The van der Waals surface area contributed by atoms with E-state index in [2.05, 4.69) is 5.32 Å². The second kappa shape index (κ2) is 5.97. The number of nitrogens with two attached hydrogens (primary N) is 1. The Balaban J connectivity index is 2.05. The fraction of sp³-hybridized carbons (Fsp3) is 0.556. The minimum atomic E-state index is -3.47. The van der Waals surface area contributed by atoms with Gasteiger partial charge in [-0.15, -0.1) is 0 Å².